The molecule has 0 aliphatic heterocycles. The minimum absolute atomic E-state index is 0.0404. The second-order valence-corrected chi connectivity index (χ2v) is 9.86. The Morgan fingerprint density at radius 1 is 0.696 bits per heavy atom. The van der Waals surface area contributed by atoms with Gasteiger partial charge in [0.15, 0.2) is 11.7 Å². The molecular formula is C33H20F12O. The largest absolute Gasteiger partial charge is 0.429 e. The van der Waals surface area contributed by atoms with Crippen molar-refractivity contribution in [2.24, 2.45) is 0 Å². The zero-order valence-corrected chi connectivity index (χ0v) is 23.4. The van der Waals surface area contributed by atoms with Gasteiger partial charge in [0.2, 0.25) is 0 Å². The van der Waals surface area contributed by atoms with Gasteiger partial charge in [0, 0.05) is 23.3 Å². The van der Waals surface area contributed by atoms with Crippen LogP contribution in [0.25, 0.3) is 17.0 Å². The predicted molar refractivity (Wildman–Crippen MR) is 145 cm³/mol. The van der Waals surface area contributed by atoms with E-state index in [0.29, 0.717) is 17.7 Å². The average molecular weight is 660 g/mol. The second-order valence-electron chi connectivity index (χ2n) is 9.86. The Balaban J connectivity index is 1.49. The van der Waals surface area contributed by atoms with Crippen LogP contribution in [0.2, 0.25) is 0 Å². The molecule has 0 bridgehead atoms. The number of ether oxygens (including phenoxy) is 1. The summed E-state index contributed by atoms with van der Waals surface area (Å²) in [5, 5.41) is 0. The molecule has 13 heteroatoms. The maximum Gasteiger partial charge on any atom is 0.429 e. The van der Waals surface area contributed by atoms with Gasteiger partial charge in [0.05, 0.1) is 5.56 Å². The van der Waals surface area contributed by atoms with E-state index in [1.54, 1.807) is 0 Å². The molecule has 0 fully saturated rings. The minimum Gasteiger partial charge on any atom is -0.429 e. The van der Waals surface area contributed by atoms with E-state index in [2.05, 4.69) is 4.74 Å². The lowest BCUT2D eigenvalue weighted by molar-refractivity contribution is -0.187. The van der Waals surface area contributed by atoms with Crippen molar-refractivity contribution >= 4 is 5.83 Å². The molecule has 0 saturated carbocycles. The smallest absolute Gasteiger partial charge is 0.429 e. The van der Waals surface area contributed by atoms with Gasteiger partial charge in [-0.3, -0.25) is 0 Å². The Labute approximate surface area is 254 Å². The molecule has 0 aliphatic carbocycles. The molecule has 0 radical (unpaired) electrons. The summed E-state index contributed by atoms with van der Waals surface area (Å²) in [6, 6.07) is 8.62. The molecule has 0 aromatic heterocycles. The summed E-state index contributed by atoms with van der Waals surface area (Å²) in [7, 11) is 0. The van der Waals surface area contributed by atoms with Gasteiger partial charge in [-0.05, 0) is 66.8 Å². The lowest BCUT2D eigenvalue weighted by Gasteiger charge is -2.20. The van der Waals surface area contributed by atoms with Crippen LogP contribution in [0.4, 0.5) is 52.7 Å². The Bertz CT molecular complexity index is 1800. The number of rotatable bonds is 9. The third-order valence-corrected chi connectivity index (χ3v) is 6.68. The normalized spacial score (nSPS) is 12.9. The number of allylic oxidation sites excluding steroid dienone is 3. The highest BCUT2D eigenvalue weighted by molar-refractivity contribution is 5.65. The SMILES string of the molecule is C/C=C/C(F)=C(\F)c1ccc(CCc2ccc(-c3ccc(C(F)(F)Oc4cc(F)c(C(F)(F)F)c(F)c4)c(F)c3)c(F)c2)c(F)c1. The summed E-state index contributed by atoms with van der Waals surface area (Å²) in [6.07, 6.45) is -7.78. The van der Waals surface area contributed by atoms with Crippen LogP contribution in [0.15, 0.2) is 84.7 Å². The summed E-state index contributed by atoms with van der Waals surface area (Å²) in [4.78, 5) is 0. The lowest BCUT2D eigenvalue weighted by atomic mass is 9.98. The first-order valence-corrected chi connectivity index (χ1v) is 13.2. The van der Waals surface area contributed by atoms with Gasteiger partial charge in [0.25, 0.3) is 0 Å². The van der Waals surface area contributed by atoms with Gasteiger partial charge in [-0.2, -0.15) is 22.0 Å². The Hall–Kier alpha value is -4.68. The predicted octanol–water partition coefficient (Wildman–Crippen LogP) is 11.2. The molecule has 46 heavy (non-hydrogen) atoms. The molecule has 0 aliphatic rings. The third-order valence-electron chi connectivity index (χ3n) is 6.68. The first-order valence-electron chi connectivity index (χ1n) is 13.2. The molecule has 4 aromatic carbocycles. The van der Waals surface area contributed by atoms with Crippen molar-refractivity contribution in [3.63, 3.8) is 0 Å². The van der Waals surface area contributed by atoms with Gasteiger partial charge in [0.1, 0.15) is 40.4 Å². The summed E-state index contributed by atoms with van der Waals surface area (Å²) >= 11 is 0. The lowest BCUT2D eigenvalue weighted by Crippen LogP contribution is -2.24. The standard InChI is InChI=1S/C33H20F12O/c1-2-3-24(34)31(40)20-8-7-18(25(35)14-20)6-4-17-5-10-22(26(36)12-17)19-9-11-23(27(37)13-19)33(44,45)46-21-15-28(38)30(29(39)16-21)32(41,42)43/h2-3,5,7-16H,4,6H2,1H3/b3-2+,31-24+. The van der Waals surface area contributed by atoms with Crippen LogP contribution in [0.5, 0.6) is 5.75 Å². The maximum atomic E-state index is 15.0. The molecular weight excluding hydrogens is 640 g/mol. The van der Waals surface area contributed by atoms with Crippen molar-refractivity contribution in [2.75, 3.05) is 0 Å². The van der Waals surface area contributed by atoms with Crippen molar-refractivity contribution < 1.29 is 57.4 Å². The molecule has 0 heterocycles. The van der Waals surface area contributed by atoms with Gasteiger partial charge >= 0.3 is 12.3 Å². The van der Waals surface area contributed by atoms with Crippen LogP contribution >= 0.6 is 0 Å². The van der Waals surface area contributed by atoms with Crippen molar-refractivity contribution in [3.8, 4) is 16.9 Å². The summed E-state index contributed by atoms with van der Waals surface area (Å²) in [6.45, 7) is 1.48. The van der Waals surface area contributed by atoms with E-state index in [1.807, 2.05) is 0 Å². The molecule has 0 amide bonds. The topological polar surface area (TPSA) is 9.23 Å². The van der Waals surface area contributed by atoms with Crippen molar-refractivity contribution in [1.29, 1.82) is 0 Å². The van der Waals surface area contributed by atoms with Gasteiger partial charge < -0.3 is 4.74 Å². The van der Waals surface area contributed by atoms with Crippen molar-refractivity contribution in [3.05, 3.63) is 142 Å². The maximum absolute atomic E-state index is 15.0. The molecule has 0 unspecified atom stereocenters. The van der Waals surface area contributed by atoms with Crippen molar-refractivity contribution in [2.45, 2.75) is 32.1 Å². The Kier molecular flexibility index (Phi) is 9.93. The Morgan fingerprint density at radius 2 is 1.37 bits per heavy atom. The molecule has 242 valence electrons. The summed E-state index contributed by atoms with van der Waals surface area (Å²) < 4.78 is 171. The summed E-state index contributed by atoms with van der Waals surface area (Å²) in [5.41, 5.74) is -4.01. The van der Waals surface area contributed by atoms with E-state index in [9.17, 15) is 52.7 Å². The van der Waals surface area contributed by atoms with E-state index >= 15 is 0 Å². The zero-order chi connectivity index (χ0) is 34.0. The first-order chi connectivity index (χ1) is 21.5. The van der Waals surface area contributed by atoms with Crippen molar-refractivity contribution in [1.82, 2.24) is 0 Å². The van der Waals surface area contributed by atoms with Crippen LogP contribution in [0, 0.1) is 29.1 Å². The number of alkyl halides is 5. The molecule has 0 N–H and O–H groups in total. The molecule has 0 saturated heterocycles. The van der Waals surface area contributed by atoms with E-state index in [-0.39, 0.29) is 47.2 Å². The summed E-state index contributed by atoms with van der Waals surface area (Å²) in [5.74, 6) is -11.6. The molecule has 1 nitrogen and oxygen atoms in total. The van der Waals surface area contributed by atoms with Crippen LogP contribution in [0.3, 0.4) is 0 Å². The van der Waals surface area contributed by atoms with Crippen LogP contribution < -0.4 is 4.74 Å². The molecule has 4 rings (SSSR count). The van der Waals surface area contributed by atoms with E-state index in [0.717, 1.165) is 24.3 Å². The second kappa shape index (κ2) is 13.4. The number of hydrogen-bond acceptors (Lipinski definition) is 1. The zero-order valence-electron chi connectivity index (χ0n) is 23.4. The number of hydrogen-bond donors (Lipinski definition) is 0. The average Bonchev–Trinajstić information content (AvgIpc) is 2.94. The molecule has 4 aromatic rings. The van der Waals surface area contributed by atoms with Crippen LogP contribution in [-0.2, 0) is 25.1 Å². The highest BCUT2D eigenvalue weighted by Gasteiger charge is 2.41. The molecule has 0 spiro atoms. The highest BCUT2D eigenvalue weighted by Crippen LogP contribution is 2.39. The van der Waals surface area contributed by atoms with Gasteiger partial charge in [-0.25, -0.2) is 30.7 Å². The Morgan fingerprint density at radius 3 is 1.93 bits per heavy atom. The van der Waals surface area contributed by atoms with E-state index in [1.165, 1.54) is 37.3 Å². The van der Waals surface area contributed by atoms with Gasteiger partial charge in [-0.15, -0.1) is 0 Å². The number of aryl methyl sites for hydroxylation is 2. The van der Waals surface area contributed by atoms with Gasteiger partial charge in [-0.1, -0.05) is 36.4 Å². The monoisotopic (exact) mass is 660 g/mol. The van der Waals surface area contributed by atoms with E-state index in [4.69, 9.17) is 0 Å². The first kappa shape index (κ1) is 34.2. The van der Waals surface area contributed by atoms with E-state index < -0.39 is 69.9 Å². The fourth-order valence-electron chi connectivity index (χ4n) is 4.47. The minimum atomic E-state index is -5.46. The number of halogens is 12. The molecule has 0 atom stereocenters. The van der Waals surface area contributed by atoms with Crippen LogP contribution in [0.1, 0.15) is 34.7 Å². The number of benzene rings is 4. The van der Waals surface area contributed by atoms with Crippen LogP contribution in [-0.4, -0.2) is 0 Å². The quantitative estimate of drug-likeness (QED) is 0.128. The third kappa shape index (κ3) is 7.57. The fraction of sp³-hybridized carbons (Fsp3) is 0.152. The highest BCUT2D eigenvalue weighted by atomic mass is 19.4. The fourth-order valence-corrected chi connectivity index (χ4v) is 4.47.